The third-order valence-electron chi connectivity index (χ3n) is 2.32. The minimum absolute atomic E-state index is 0.0312. The summed E-state index contributed by atoms with van der Waals surface area (Å²) in [6.45, 7) is 0.215. The minimum Gasteiger partial charge on any atom is -0.448 e. The second kappa shape index (κ2) is 5.17. The number of nitrogens with zero attached hydrogens (tertiary/aromatic N) is 1. The van der Waals surface area contributed by atoms with Crippen LogP contribution in [0.25, 0.3) is 10.9 Å². The lowest BCUT2D eigenvalue weighted by atomic mass is 10.2. The van der Waals surface area contributed by atoms with E-state index < -0.39 is 6.09 Å². The topological polar surface area (TPSA) is 110 Å². The third-order valence-corrected chi connectivity index (χ3v) is 2.32. The number of para-hydroxylation sites is 1. The Morgan fingerprint density at radius 1 is 1.39 bits per heavy atom. The van der Waals surface area contributed by atoms with Crippen molar-refractivity contribution in [2.24, 2.45) is 5.73 Å². The Balaban J connectivity index is 1.99. The number of aromatic nitrogens is 2. The van der Waals surface area contributed by atoms with Crippen LogP contribution in [0, 0.1) is 0 Å². The molecule has 0 aliphatic rings. The van der Waals surface area contributed by atoms with Crippen LogP contribution in [0.2, 0.25) is 0 Å². The number of fused-ring (bicyclic) bond motifs is 1. The van der Waals surface area contributed by atoms with Crippen molar-refractivity contribution in [1.29, 1.82) is 0 Å². The molecule has 0 atom stereocenters. The molecule has 94 valence electrons. The molecule has 4 N–H and O–H groups in total. The highest BCUT2D eigenvalue weighted by atomic mass is 16.5. The Kier molecular flexibility index (Phi) is 3.42. The number of carbonyl (C=O) groups excluding carboxylic acids is 2. The SMILES string of the molecule is NC(=O)OCCNC(=O)c1n[nH]c2ccccc12. The van der Waals surface area contributed by atoms with E-state index in [1.165, 1.54) is 0 Å². The molecule has 1 aromatic heterocycles. The lowest BCUT2D eigenvalue weighted by Crippen LogP contribution is -2.29. The Labute approximate surface area is 102 Å². The standard InChI is InChI=1S/C11H12N4O3/c12-11(17)18-6-5-13-10(16)9-7-3-1-2-4-8(7)14-15-9/h1-4H,5-6H2,(H2,12,17)(H,13,16)(H,14,15). The first-order chi connectivity index (χ1) is 8.68. The highest BCUT2D eigenvalue weighted by Crippen LogP contribution is 2.14. The lowest BCUT2D eigenvalue weighted by Gasteiger charge is -2.03. The van der Waals surface area contributed by atoms with Gasteiger partial charge in [0.2, 0.25) is 0 Å². The van der Waals surface area contributed by atoms with Gasteiger partial charge in [0, 0.05) is 5.39 Å². The van der Waals surface area contributed by atoms with Crippen LogP contribution in [0.5, 0.6) is 0 Å². The summed E-state index contributed by atoms with van der Waals surface area (Å²) in [6, 6.07) is 7.30. The monoisotopic (exact) mass is 248 g/mol. The molecule has 0 spiro atoms. The zero-order chi connectivity index (χ0) is 13.0. The first-order valence-corrected chi connectivity index (χ1v) is 5.32. The van der Waals surface area contributed by atoms with Gasteiger partial charge in [0.1, 0.15) is 6.61 Å². The molecule has 0 bridgehead atoms. The normalized spacial score (nSPS) is 10.2. The molecule has 2 amide bonds. The molecule has 2 rings (SSSR count). The number of hydrogen-bond acceptors (Lipinski definition) is 4. The number of primary amides is 1. The molecular weight excluding hydrogens is 236 g/mol. The van der Waals surface area contributed by atoms with Crippen LogP contribution in [-0.4, -0.2) is 35.3 Å². The first kappa shape index (κ1) is 11.9. The van der Waals surface area contributed by atoms with Crippen molar-refractivity contribution in [2.75, 3.05) is 13.2 Å². The molecule has 0 radical (unpaired) electrons. The number of ether oxygens (including phenoxy) is 1. The maximum absolute atomic E-state index is 11.8. The van der Waals surface area contributed by atoms with Crippen molar-refractivity contribution in [3.8, 4) is 0 Å². The number of aromatic amines is 1. The van der Waals surface area contributed by atoms with Crippen LogP contribution >= 0.6 is 0 Å². The van der Waals surface area contributed by atoms with Gasteiger partial charge in [0.05, 0.1) is 12.1 Å². The number of benzene rings is 1. The zero-order valence-electron chi connectivity index (χ0n) is 9.47. The van der Waals surface area contributed by atoms with Gasteiger partial charge >= 0.3 is 6.09 Å². The molecule has 0 aliphatic heterocycles. The number of H-pyrrole nitrogens is 1. The molecule has 0 fully saturated rings. The van der Waals surface area contributed by atoms with Crippen LogP contribution in [0.1, 0.15) is 10.5 Å². The van der Waals surface area contributed by atoms with Gasteiger partial charge in [0.25, 0.3) is 5.91 Å². The molecule has 7 heteroatoms. The number of carbonyl (C=O) groups is 2. The summed E-state index contributed by atoms with van der Waals surface area (Å²) < 4.78 is 4.49. The molecular formula is C11H12N4O3. The van der Waals surface area contributed by atoms with Crippen molar-refractivity contribution in [3.05, 3.63) is 30.0 Å². The number of nitrogens with one attached hydrogen (secondary N) is 2. The first-order valence-electron chi connectivity index (χ1n) is 5.32. The van der Waals surface area contributed by atoms with E-state index >= 15 is 0 Å². The fourth-order valence-electron chi connectivity index (χ4n) is 1.54. The molecule has 7 nitrogen and oxygen atoms in total. The third kappa shape index (κ3) is 2.57. The summed E-state index contributed by atoms with van der Waals surface area (Å²) in [5.74, 6) is -0.333. The van der Waals surface area contributed by atoms with E-state index in [1.54, 1.807) is 6.07 Å². The maximum atomic E-state index is 11.8. The molecule has 0 saturated carbocycles. The quantitative estimate of drug-likeness (QED) is 0.679. The average Bonchev–Trinajstić information content (AvgIpc) is 2.78. The second-order valence-electron chi connectivity index (χ2n) is 3.54. The highest BCUT2D eigenvalue weighted by molar-refractivity contribution is 6.04. The maximum Gasteiger partial charge on any atom is 0.404 e. The van der Waals surface area contributed by atoms with Crippen molar-refractivity contribution in [1.82, 2.24) is 15.5 Å². The summed E-state index contributed by atoms with van der Waals surface area (Å²) in [7, 11) is 0. The van der Waals surface area contributed by atoms with E-state index in [4.69, 9.17) is 5.73 Å². The van der Waals surface area contributed by atoms with Crippen molar-refractivity contribution in [3.63, 3.8) is 0 Å². The largest absolute Gasteiger partial charge is 0.448 e. The van der Waals surface area contributed by atoms with Crippen LogP contribution in [0.3, 0.4) is 0 Å². The van der Waals surface area contributed by atoms with Gasteiger partial charge in [-0.05, 0) is 6.07 Å². The number of amides is 2. The van der Waals surface area contributed by atoms with Gasteiger partial charge < -0.3 is 15.8 Å². The summed E-state index contributed by atoms with van der Waals surface area (Å²) in [5, 5.41) is 10.0. The fraction of sp³-hybridized carbons (Fsp3) is 0.182. The Bertz CT molecular complexity index is 578. The predicted octanol–water partition coefficient (Wildman–Crippen LogP) is 0.388. The molecule has 0 unspecified atom stereocenters. The van der Waals surface area contributed by atoms with E-state index in [9.17, 15) is 9.59 Å². The van der Waals surface area contributed by atoms with Gasteiger partial charge in [-0.15, -0.1) is 0 Å². The summed E-state index contributed by atoms with van der Waals surface area (Å²) in [5.41, 5.74) is 5.88. The molecule has 0 saturated heterocycles. The molecule has 1 aromatic carbocycles. The fourth-order valence-corrected chi connectivity index (χ4v) is 1.54. The zero-order valence-corrected chi connectivity index (χ0v) is 9.47. The lowest BCUT2D eigenvalue weighted by molar-refractivity contribution is 0.0933. The average molecular weight is 248 g/mol. The van der Waals surface area contributed by atoms with Gasteiger partial charge in [-0.3, -0.25) is 9.89 Å². The minimum atomic E-state index is -0.866. The number of rotatable bonds is 4. The Morgan fingerprint density at radius 2 is 2.17 bits per heavy atom. The molecule has 1 heterocycles. The van der Waals surface area contributed by atoms with Crippen molar-refractivity contribution >= 4 is 22.9 Å². The molecule has 0 aliphatic carbocycles. The van der Waals surface area contributed by atoms with Crippen LogP contribution in [0.15, 0.2) is 24.3 Å². The van der Waals surface area contributed by atoms with Crippen molar-refractivity contribution < 1.29 is 14.3 Å². The van der Waals surface area contributed by atoms with Gasteiger partial charge in [-0.25, -0.2) is 4.79 Å². The molecule has 18 heavy (non-hydrogen) atoms. The van der Waals surface area contributed by atoms with Crippen LogP contribution < -0.4 is 11.1 Å². The summed E-state index contributed by atoms with van der Waals surface area (Å²) >= 11 is 0. The van der Waals surface area contributed by atoms with E-state index in [2.05, 4.69) is 20.3 Å². The summed E-state index contributed by atoms with van der Waals surface area (Å²) in [6.07, 6.45) is -0.866. The van der Waals surface area contributed by atoms with Gasteiger partial charge in [-0.2, -0.15) is 5.10 Å². The second-order valence-corrected chi connectivity index (χ2v) is 3.54. The van der Waals surface area contributed by atoms with Crippen LogP contribution in [0.4, 0.5) is 4.79 Å². The van der Waals surface area contributed by atoms with E-state index in [0.29, 0.717) is 5.69 Å². The smallest absolute Gasteiger partial charge is 0.404 e. The number of nitrogens with two attached hydrogens (primary N) is 1. The number of hydrogen-bond donors (Lipinski definition) is 3. The highest BCUT2D eigenvalue weighted by Gasteiger charge is 2.12. The van der Waals surface area contributed by atoms with Crippen LogP contribution in [-0.2, 0) is 4.74 Å². The Hall–Kier alpha value is -2.57. The van der Waals surface area contributed by atoms with E-state index in [-0.39, 0.29) is 19.1 Å². The Morgan fingerprint density at radius 3 is 2.94 bits per heavy atom. The van der Waals surface area contributed by atoms with E-state index in [1.807, 2.05) is 18.2 Å². The van der Waals surface area contributed by atoms with Gasteiger partial charge in [0.15, 0.2) is 5.69 Å². The predicted molar refractivity (Wildman–Crippen MR) is 64.0 cm³/mol. The van der Waals surface area contributed by atoms with Crippen molar-refractivity contribution in [2.45, 2.75) is 0 Å². The van der Waals surface area contributed by atoms with E-state index in [0.717, 1.165) is 10.9 Å². The molecule has 2 aromatic rings. The van der Waals surface area contributed by atoms with Gasteiger partial charge in [-0.1, -0.05) is 18.2 Å². The summed E-state index contributed by atoms with van der Waals surface area (Å²) in [4.78, 5) is 22.1.